The summed E-state index contributed by atoms with van der Waals surface area (Å²) in [4.78, 5) is 9.13. The molecule has 0 aromatic rings. The Hall–Kier alpha value is -0.400. The van der Waals surface area contributed by atoms with Crippen LogP contribution in [0.25, 0.3) is 0 Å². The van der Waals surface area contributed by atoms with Crippen molar-refractivity contribution in [2.24, 2.45) is 0 Å². The summed E-state index contributed by atoms with van der Waals surface area (Å²) < 4.78 is 11.1. The molecule has 0 saturated carbocycles. The summed E-state index contributed by atoms with van der Waals surface area (Å²) in [6, 6.07) is 0. The van der Waals surface area contributed by atoms with Crippen molar-refractivity contribution in [2.75, 3.05) is 0 Å². The Labute approximate surface area is 29.8 Å². The fourth-order valence-corrected chi connectivity index (χ4v) is 0. The van der Waals surface area contributed by atoms with Crippen molar-refractivity contribution in [1.29, 1.82) is 0 Å². The van der Waals surface area contributed by atoms with Crippen LogP contribution in [0.5, 0.6) is 0 Å². The molecule has 0 aromatic carbocycles. The summed E-state index contributed by atoms with van der Waals surface area (Å²) in [7, 11) is 0. The van der Waals surface area contributed by atoms with E-state index in [1.54, 1.807) is 0 Å². The molecule has 0 fully saturated rings. The lowest BCUT2D eigenvalue weighted by molar-refractivity contribution is -0.111. The fraction of sp³-hybridized carbons (Fsp3) is 0.667. The lowest BCUT2D eigenvalue weighted by Crippen LogP contribution is -1.89. The molecule has 0 aliphatic heterocycles. The van der Waals surface area contributed by atoms with Crippen molar-refractivity contribution in [3.63, 3.8) is 0 Å². The molecule has 2 heteroatoms. The zero-order valence-corrected chi connectivity index (χ0v) is 2.94. The van der Waals surface area contributed by atoms with E-state index in [0.29, 0.717) is 0 Å². The van der Waals surface area contributed by atoms with Crippen LogP contribution in [-0.4, -0.2) is 12.5 Å². The predicted molar refractivity (Wildman–Crippen MR) is 16.6 cm³/mol. The van der Waals surface area contributed by atoms with Gasteiger partial charge < -0.3 is 4.79 Å². The minimum atomic E-state index is -1.30. The molecule has 0 amide bonds. The average molecular weight is 75.1 g/mol. The van der Waals surface area contributed by atoms with Crippen LogP contribution in [0.1, 0.15) is 6.92 Å². The van der Waals surface area contributed by atoms with Crippen molar-refractivity contribution < 1.29 is 9.18 Å². The second-order valence-corrected chi connectivity index (χ2v) is 0.814. The van der Waals surface area contributed by atoms with Gasteiger partial charge in [-0.15, -0.1) is 0 Å². The minimum Gasteiger partial charge on any atom is -0.300 e. The van der Waals surface area contributed by atoms with Crippen LogP contribution >= 0.6 is 0 Å². The van der Waals surface area contributed by atoms with E-state index in [0.717, 1.165) is 0 Å². The summed E-state index contributed by atoms with van der Waals surface area (Å²) in [5.41, 5.74) is 0. The van der Waals surface area contributed by atoms with Crippen LogP contribution in [0.4, 0.5) is 4.39 Å². The predicted octanol–water partition coefficient (Wildman–Crippen LogP) is 0.543. The summed E-state index contributed by atoms with van der Waals surface area (Å²) in [5.74, 6) is 0. The molecule has 0 bridgehead atoms. The Morgan fingerprint density at radius 2 is 2.20 bits per heavy atom. The number of rotatable bonds is 1. The maximum Gasteiger partial charge on any atom is 0.153 e. The molecule has 1 unspecified atom stereocenters. The van der Waals surface area contributed by atoms with Gasteiger partial charge in [-0.05, 0) is 6.92 Å². The van der Waals surface area contributed by atoms with Gasteiger partial charge in [0.25, 0.3) is 0 Å². The van der Waals surface area contributed by atoms with Gasteiger partial charge in [0.1, 0.15) is 0 Å². The summed E-state index contributed by atoms with van der Waals surface area (Å²) >= 11 is 0. The molecule has 0 aromatic heterocycles. The molecular formula is C3H5FO. The van der Waals surface area contributed by atoms with Crippen LogP contribution in [-0.2, 0) is 4.79 Å². The largest absolute Gasteiger partial charge is 0.300 e. The third-order valence-corrected chi connectivity index (χ3v) is 0.188. The third kappa shape index (κ3) is 3.60. The fourth-order valence-electron chi connectivity index (χ4n) is 0. The highest BCUT2D eigenvalue weighted by molar-refractivity contribution is 5.54. The smallest absolute Gasteiger partial charge is 0.153 e. The SMILES string of the molecule is CC([18F])C=O. The summed E-state index contributed by atoms with van der Waals surface area (Å²) in [6.45, 7) is 1.19. The van der Waals surface area contributed by atoms with E-state index >= 15 is 0 Å². The van der Waals surface area contributed by atoms with E-state index < -0.39 is 6.17 Å². The molecular weight excluding hydrogens is 70.0 g/mol. The zero-order chi connectivity index (χ0) is 4.28. The van der Waals surface area contributed by atoms with E-state index in [2.05, 4.69) is 0 Å². The molecule has 0 N–H and O–H groups in total. The molecule has 0 heterocycles. The van der Waals surface area contributed by atoms with Gasteiger partial charge in [-0.25, -0.2) is 4.39 Å². The second kappa shape index (κ2) is 1.88. The summed E-state index contributed by atoms with van der Waals surface area (Å²) in [6.07, 6.45) is -1.05. The molecule has 1 nitrogen and oxygen atoms in total. The van der Waals surface area contributed by atoms with Crippen LogP contribution in [0.3, 0.4) is 0 Å². The van der Waals surface area contributed by atoms with Gasteiger partial charge in [-0.3, -0.25) is 0 Å². The van der Waals surface area contributed by atoms with Gasteiger partial charge in [0.2, 0.25) is 0 Å². The van der Waals surface area contributed by atoms with Crippen molar-refractivity contribution in [1.82, 2.24) is 0 Å². The number of carbonyl (C=O) groups is 1. The van der Waals surface area contributed by atoms with Gasteiger partial charge >= 0.3 is 0 Å². The summed E-state index contributed by atoms with van der Waals surface area (Å²) in [5, 5.41) is 0. The molecule has 0 rings (SSSR count). The van der Waals surface area contributed by atoms with E-state index in [1.807, 2.05) is 0 Å². The molecule has 30 valence electrons. The lowest BCUT2D eigenvalue weighted by Gasteiger charge is -1.74. The van der Waals surface area contributed by atoms with E-state index in [-0.39, 0.29) is 6.29 Å². The molecule has 0 saturated heterocycles. The van der Waals surface area contributed by atoms with Crippen molar-refractivity contribution in [2.45, 2.75) is 13.1 Å². The minimum absolute atomic E-state index is 0.250. The number of hydrogen-bond acceptors (Lipinski definition) is 1. The van der Waals surface area contributed by atoms with Crippen molar-refractivity contribution >= 4 is 6.29 Å². The molecule has 0 radical (unpaired) electrons. The molecule has 0 spiro atoms. The standard InChI is InChI=1S/C3H5FO/c1-3(4)2-5/h2-3H,1H3/i4-1. The molecule has 5 heavy (non-hydrogen) atoms. The first-order valence-electron chi connectivity index (χ1n) is 1.36. The Kier molecular flexibility index (Phi) is 1.73. The van der Waals surface area contributed by atoms with Gasteiger partial charge in [-0.2, -0.15) is 0 Å². The first-order chi connectivity index (χ1) is 2.27. The lowest BCUT2D eigenvalue weighted by atomic mass is 10.5. The maximum absolute atomic E-state index is 11.1. The van der Waals surface area contributed by atoms with Crippen LogP contribution in [0.15, 0.2) is 0 Å². The first-order valence-corrected chi connectivity index (χ1v) is 1.36. The van der Waals surface area contributed by atoms with E-state index in [9.17, 15) is 4.39 Å². The van der Waals surface area contributed by atoms with Crippen LogP contribution in [0, 0.1) is 0 Å². The quantitative estimate of drug-likeness (QED) is 0.416. The highest BCUT2D eigenvalue weighted by Crippen LogP contribution is 1.75. The van der Waals surface area contributed by atoms with E-state index in [4.69, 9.17) is 4.79 Å². The Bertz CT molecular complexity index is 33.9. The van der Waals surface area contributed by atoms with Crippen LogP contribution in [0.2, 0.25) is 0 Å². The molecule has 1 atom stereocenters. The van der Waals surface area contributed by atoms with Crippen LogP contribution < -0.4 is 0 Å². The van der Waals surface area contributed by atoms with Crippen molar-refractivity contribution in [3.05, 3.63) is 0 Å². The number of aldehydes is 1. The molecule has 0 aliphatic carbocycles. The van der Waals surface area contributed by atoms with Gasteiger partial charge in [-0.1, -0.05) is 0 Å². The topological polar surface area (TPSA) is 17.1 Å². The van der Waals surface area contributed by atoms with Crippen molar-refractivity contribution in [3.8, 4) is 0 Å². The maximum atomic E-state index is 11.1. The number of halogens is 1. The second-order valence-electron chi connectivity index (χ2n) is 0.814. The zero-order valence-electron chi connectivity index (χ0n) is 2.94. The Balaban J connectivity index is 2.83. The first kappa shape index (κ1) is 4.60. The van der Waals surface area contributed by atoms with E-state index in [1.165, 1.54) is 6.92 Å². The Morgan fingerprint density at radius 1 is 2.00 bits per heavy atom. The monoisotopic (exact) mass is 75.0 g/mol. The highest BCUT2D eigenvalue weighted by atomic mass is 18.2. The number of hydrogen-bond donors (Lipinski definition) is 0. The number of carbonyl (C=O) groups excluding carboxylic acids is 1. The van der Waals surface area contributed by atoms with Gasteiger partial charge in [0.05, 0.1) is 0 Å². The molecule has 0 aliphatic rings. The third-order valence-electron chi connectivity index (χ3n) is 0.188. The van der Waals surface area contributed by atoms with Gasteiger partial charge in [0, 0.05) is 0 Å². The normalized spacial score (nSPS) is 14.0. The van der Waals surface area contributed by atoms with Gasteiger partial charge in [0.15, 0.2) is 12.5 Å². The number of alkyl halides is 1. The highest BCUT2D eigenvalue weighted by Gasteiger charge is 1.85. The Morgan fingerprint density at radius 3 is 2.20 bits per heavy atom. The average Bonchev–Trinajstić information content (AvgIpc) is 1.38.